The molecule has 0 radical (unpaired) electrons. The van der Waals surface area contributed by atoms with Gasteiger partial charge in [-0.25, -0.2) is 0 Å². The van der Waals surface area contributed by atoms with Gasteiger partial charge in [0.1, 0.15) is 11.9 Å². The predicted molar refractivity (Wildman–Crippen MR) is 122 cm³/mol. The maximum absolute atomic E-state index is 13.2. The van der Waals surface area contributed by atoms with Crippen LogP contribution in [-0.2, 0) is 25.5 Å². The summed E-state index contributed by atoms with van der Waals surface area (Å²) in [6.07, 6.45) is 3.41. The number of ether oxygens (including phenoxy) is 1. The number of aromatic nitrogens is 1. The molecule has 1 N–H and O–H groups in total. The lowest BCUT2D eigenvalue weighted by Gasteiger charge is -2.46. The number of carbonyl (C=O) groups is 3. The molecule has 2 aliphatic rings. The molecule has 2 atom stereocenters. The van der Waals surface area contributed by atoms with Crippen LogP contribution in [0.3, 0.4) is 0 Å². The first-order chi connectivity index (χ1) is 15.4. The molecular formula is C24H30ClN3O4. The molecule has 0 unspecified atom stereocenters. The standard InChI is InChI=1S/C24H30ClN3O4/c1-27(2)23(30)19-12-17-16-6-4-5-7-18(16)26-21(17)22(28(19)20(29)13-25)14-8-10-15(11-9-14)24(31)32-3/h4-7,14-15,19,22,26H,8-13H2,1-3H3/t14?,15?,19-,22+/m1/s1. The van der Waals surface area contributed by atoms with Crippen LogP contribution in [0.2, 0.25) is 0 Å². The third-order valence-corrected chi connectivity index (χ3v) is 7.28. The largest absolute Gasteiger partial charge is 0.469 e. The van der Waals surface area contributed by atoms with Crippen LogP contribution < -0.4 is 0 Å². The van der Waals surface area contributed by atoms with Crippen LogP contribution in [0, 0.1) is 11.8 Å². The highest BCUT2D eigenvalue weighted by Gasteiger charge is 2.46. The maximum atomic E-state index is 13.2. The molecule has 1 saturated carbocycles. The fraction of sp³-hybridized carbons (Fsp3) is 0.542. The first kappa shape index (κ1) is 22.6. The van der Waals surface area contributed by atoms with Crippen LogP contribution >= 0.6 is 11.6 Å². The number of hydrogen-bond acceptors (Lipinski definition) is 4. The Balaban J connectivity index is 1.79. The van der Waals surface area contributed by atoms with E-state index in [0.29, 0.717) is 19.3 Å². The van der Waals surface area contributed by atoms with E-state index in [4.69, 9.17) is 16.3 Å². The number of para-hydroxylation sites is 1. The lowest BCUT2D eigenvalue weighted by molar-refractivity contribution is -0.150. The number of amides is 2. The number of methoxy groups -OCH3 is 1. The SMILES string of the molecule is COC(=O)C1CCC([C@H]2c3[nH]c4ccccc4c3C[C@H](C(=O)N(C)C)N2C(=O)CCl)CC1. The first-order valence-electron chi connectivity index (χ1n) is 11.1. The zero-order valence-electron chi connectivity index (χ0n) is 18.8. The molecule has 172 valence electrons. The average molecular weight is 460 g/mol. The van der Waals surface area contributed by atoms with Crippen LogP contribution in [0.5, 0.6) is 0 Å². The molecule has 1 aliphatic heterocycles. The number of nitrogens with one attached hydrogen (secondary N) is 1. The second kappa shape index (κ2) is 9.14. The number of benzene rings is 1. The van der Waals surface area contributed by atoms with Gasteiger partial charge in [-0.1, -0.05) is 18.2 Å². The molecule has 1 aromatic carbocycles. The number of rotatable bonds is 4. The lowest BCUT2D eigenvalue weighted by Crippen LogP contribution is -2.56. The van der Waals surface area contributed by atoms with Crippen LogP contribution in [-0.4, -0.2) is 65.7 Å². The molecule has 0 spiro atoms. The number of fused-ring (bicyclic) bond motifs is 3. The Labute approximate surface area is 193 Å². The third-order valence-electron chi connectivity index (χ3n) is 7.06. The molecule has 2 amide bonds. The zero-order chi connectivity index (χ0) is 23.0. The summed E-state index contributed by atoms with van der Waals surface area (Å²) in [6.45, 7) is 0. The van der Waals surface area contributed by atoms with E-state index >= 15 is 0 Å². The summed E-state index contributed by atoms with van der Waals surface area (Å²) in [6, 6.07) is 7.16. The molecule has 4 rings (SSSR count). The number of carbonyl (C=O) groups excluding carboxylic acids is 3. The molecule has 2 aromatic rings. The average Bonchev–Trinajstić information content (AvgIpc) is 3.19. The quantitative estimate of drug-likeness (QED) is 0.562. The Morgan fingerprint density at radius 3 is 2.47 bits per heavy atom. The molecule has 0 saturated heterocycles. The number of H-pyrrole nitrogens is 1. The van der Waals surface area contributed by atoms with Gasteiger partial charge in [0.2, 0.25) is 11.8 Å². The number of alkyl halides is 1. The Kier molecular flexibility index (Phi) is 6.47. The van der Waals surface area contributed by atoms with E-state index in [9.17, 15) is 14.4 Å². The van der Waals surface area contributed by atoms with E-state index in [1.54, 1.807) is 23.9 Å². The topological polar surface area (TPSA) is 82.7 Å². The Hall–Kier alpha value is -2.54. The van der Waals surface area contributed by atoms with Gasteiger partial charge in [-0.3, -0.25) is 14.4 Å². The van der Waals surface area contributed by atoms with Gasteiger partial charge in [0.15, 0.2) is 0 Å². The van der Waals surface area contributed by atoms with Crippen molar-refractivity contribution in [3.8, 4) is 0 Å². The Bertz CT molecular complexity index is 1030. The van der Waals surface area contributed by atoms with Gasteiger partial charge in [-0.15, -0.1) is 11.6 Å². The Morgan fingerprint density at radius 1 is 1.16 bits per heavy atom. The highest BCUT2D eigenvalue weighted by molar-refractivity contribution is 6.27. The molecule has 32 heavy (non-hydrogen) atoms. The Morgan fingerprint density at radius 2 is 1.84 bits per heavy atom. The van der Waals surface area contributed by atoms with E-state index in [1.807, 2.05) is 18.2 Å². The van der Waals surface area contributed by atoms with Crippen LogP contribution in [0.1, 0.15) is 43.0 Å². The van der Waals surface area contributed by atoms with Crippen molar-refractivity contribution in [1.82, 2.24) is 14.8 Å². The molecule has 1 aromatic heterocycles. The molecule has 2 heterocycles. The van der Waals surface area contributed by atoms with Crippen molar-refractivity contribution in [2.24, 2.45) is 11.8 Å². The molecule has 7 nitrogen and oxygen atoms in total. The number of aromatic amines is 1. The summed E-state index contributed by atoms with van der Waals surface area (Å²) in [5.74, 6) is -0.691. The smallest absolute Gasteiger partial charge is 0.308 e. The molecular weight excluding hydrogens is 430 g/mol. The van der Waals surface area contributed by atoms with Gasteiger partial charge in [-0.2, -0.15) is 0 Å². The van der Waals surface area contributed by atoms with E-state index in [0.717, 1.165) is 35.0 Å². The van der Waals surface area contributed by atoms with E-state index in [-0.39, 0.29) is 41.5 Å². The number of halogens is 1. The van der Waals surface area contributed by atoms with Crippen molar-refractivity contribution in [1.29, 1.82) is 0 Å². The highest BCUT2D eigenvalue weighted by atomic mass is 35.5. The third kappa shape index (κ3) is 3.87. The van der Waals surface area contributed by atoms with Gasteiger partial charge >= 0.3 is 5.97 Å². The second-order valence-electron chi connectivity index (χ2n) is 9.03. The lowest BCUT2D eigenvalue weighted by atomic mass is 9.74. The molecule has 1 aliphatic carbocycles. The van der Waals surface area contributed by atoms with Crippen molar-refractivity contribution in [3.63, 3.8) is 0 Å². The normalized spacial score (nSPS) is 25.3. The predicted octanol–water partition coefficient (Wildman–Crippen LogP) is 3.27. The van der Waals surface area contributed by atoms with Gasteiger partial charge in [0.05, 0.1) is 19.1 Å². The number of esters is 1. The maximum Gasteiger partial charge on any atom is 0.308 e. The van der Waals surface area contributed by atoms with E-state index in [1.165, 1.54) is 7.11 Å². The number of nitrogens with zero attached hydrogens (tertiary/aromatic N) is 2. The van der Waals surface area contributed by atoms with Crippen molar-refractivity contribution < 1.29 is 19.1 Å². The minimum Gasteiger partial charge on any atom is -0.469 e. The van der Waals surface area contributed by atoms with E-state index < -0.39 is 6.04 Å². The van der Waals surface area contributed by atoms with E-state index in [2.05, 4.69) is 11.1 Å². The highest BCUT2D eigenvalue weighted by Crippen LogP contribution is 2.46. The molecule has 8 heteroatoms. The monoisotopic (exact) mass is 459 g/mol. The van der Waals surface area contributed by atoms with Crippen molar-refractivity contribution in [2.75, 3.05) is 27.1 Å². The second-order valence-corrected chi connectivity index (χ2v) is 9.30. The first-order valence-corrected chi connectivity index (χ1v) is 11.7. The summed E-state index contributed by atoms with van der Waals surface area (Å²) in [4.78, 5) is 45.2. The van der Waals surface area contributed by atoms with Crippen molar-refractivity contribution in [2.45, 2.75) is 44.2 Å². The fourth-order valence-corrected chi connectivity index (χ4v) is 5.66. The summed E-state index contributed by atoms with van der Waals surface area (Å²) < 4.78 is 4.94. The van der Waals surface area contributed by atoms with Gasteiger partial charge in [0.25, 0.3) is 0 Å². The number of hydrogen-bond donors (Lipinski definition) is 1. The van der Waals surface area contributed by atoms with Crippen LogP contribution in [0.4, 0.5) is 0 Å². The minimum atomic E-state index is -0.605. The van der Waals surface area contributed by atoms with Crippen LogP contribution in [0.25, 0.3) is 10.9 Å². The number of likely N-dealkylation sites (N-methyl/N-ethyl adjacent to an activating group) is 1. The minimum absolute atomic E-state index is 0.104. The molecule has 1 fully saturated rings. The van der Waals surface area contributed by atoms with Crippen LogP contribution in [0.15, 0.2) is 24.3 Å². The van der Waals surface area contributed by atoms with Crippen molar-refractivity contribution >= 4 is 40.3 Å². The fourth-order valence-electron chi connectivity index (χ4n) is 5.52. The van der Waals surface area contributed by atoms with Gasteiger partial charge in [0, 0.05) is 37.1 Å². The summed E-state index contributed by atoms with van der Waals surface area (Å²) in [5.41, 5.74) is 3.09. The van der Waals surface area contributed by atoms with Gasteiger partial charge < -0.3 is 19.5 Å². The van der Waals surface area contributed by atoms with Crippen molar-refractivity contribution in [3.05, 3.63) is 35.5 Å². The zero-order valence-corrected chi connectivity index (χ0v) is 19.5. The summed E-state index contributed by atoms with van der Waals surface area (Å²) in [7, 11) is 4.85. The summed E-state index contributed by atoms with van der Waals surface area (Å²) >= 11 is 6.04. The van der Waals surface area contributed by atoms with Gasteiger partial charge in [-0.05, 0) is 43.2 Å². The molecule has 0 bridgehead atoms. The summed E-state index contributed by atoms with van der Waals surface area (Å²) in [5, 5.41) is 1.09.